The molecule has 1 fully saturated rings. The molecule has 17 heavy (non-hydrogen) atoms. The van der Waals surface area contributed by atoms with Gasteiger partial charge in [0.1, 0.15) is 0 Å². The minimum Gasteiger partial charge on any atom is -0.369 e. The fourth-order valence-electron chi connectivity index (χ4n) is 1.93. The van der Waals surface area contributed by atoms with Crippen molar-refractivity contribution in [2.45, 2.75) is 39.7 Å². The van der Waals surface area contributed by atoms with Gasteiger partial charge in [-0.25, -0.2) is 0 Å². The number of rotatable bonds is 4. The Morgan fingerprint density at radius 3 is 2.65 bits per heavy atom. The maximum atomic E-state index is 12.0. The zero-order valence-electron chi connectivity index (χ0n) is 10.9. The van der Waals surface area contributed by atoms with Gasteiger partial charge in [-0.3, -0.25) is 9.59 Å². The molecule has 0 saturated carbocycles. The Kier molecular flexibility index (Phi) is 4.51. The lowest BCUT2D eigenvalue weighted by molar-refractivity contribution is -0.129. The van der Waals surface area contributed by atoms with Crippen molar-refractivity contribution < 1.29 is 9.59 Å². The van der Waals surface area contributed by atoms with Crippen LogP contribution in [0.25, 0.3) is 0 Å². The molecule has 1 saturated heterocycles. The maximum absolute atomic E-state index is 12.0. The van der Waals surface area contributed by atoms with Gasteiger partial charge in [-0.1, -0.05) is 0 Å². The highest BCUT2D eigenvalue weighted by molar-refractivity contribution is 5.83. The lowest BCUT2D eigenvalue weighted by atomic mass is 9.89. The van der Waals surface area contributed by atoms with Gasteiger partial charge in [0, 0.05) is 12.6 Å². The number of primary amides is 1. The number of nitrogens with two attached hydrogens (primary N) is 1. The number of hydrogen-bond acceptors (Lipinski definition) is 3. The molecule has 5 heteroatoms. The van der Waals surface area contributed by atoms with Crippen molar-refractivity contribution in [3.05, 3.63) is 0 Å². The molecule has 0 radical (unpaired) electrons. The average molecular weight is 241 g/mol. The molecule has 2 amide bonds. The number of hydrogen-bond donors (Lipinski definition) is 3. The molecule has 0 spiro atoms. The SMILES string of the molecule is CC1NCCCC1C(=O)NCC(C)(C)C(N)=O. The number of piperidine rings is 1. The van der Waals surface area contributed by atoms with Gasteiger partial charge in [-0.15, -0.1) is 0 Å². The van der Waals surface area contributed by atoms with Crippen LogP contribution in [-0.4, -0.2) is 30.9 Å². The van der Waals surface area contributed by atoms with Crippen molar-refractivity contribution in [3.63, 3.8) is 0 Å². The summed E-state index contributed by atoms with van der Waals surface area (Å²) in [5, 5.41) is 6.11. The molecule has 1 rings (SSSR count). The third-order valence-corrected chi connectivity index (χ3v) is 3.47. The quantitative estimate of drug-likeness (QED) is 0.648. The number of carbonyl (C=O) groups is 2. The topological polar surface area (TPSA) is 84.2 Å². The summed E-state index contributed by atoms with van der Waals surface area (Å²) in [5.41, 5.74) is 4.57. The summed E-state index contributed by atoms with van der Waals surface area (Å²) in [7, 11) is 0. The summed E-state index contributed by atoms with van der Waals surface area (Å²) in [6, 6.07) is 0.195. The van der Waals surface area contributed by atoms with E-state index in [0.29, 0.717) is 6.54 Å². The summed E-state index contributed by atoms with van der Waals surface area (Å²) >= 11 is 0. The Morgan fingerprint density at radius 2 is 2.12 bits per heavy atom. The van der Waals surface area contributed by atoms with E-state index < -0.39 is 11.3 Å². The first-order valence-corrected chi connectivity index (χ1v) is 6.15. The van der Waals surface area contributed by atoms with Crippen LogP contribution in [0, 0.1) is 11.3 Å². The molecule has 0 aromatic heterocycles. The molecular weight excluding hydrogens is 218 g/mol. The van der Waals surface area contributed by atoms with E-state index >= 15 is 0 Å². The van der Waals surface area contributed by atoms with Crippen LogP contribution < -0.4 is 16.4 Å². The van der Waals surface area contributed by atoms with Gasteiger partial charge in [0.25, 0.3) is 0 Å². The lowest BCUT2D eigenvalue weighted by Crippen LogP contribution is -2.49. The van der Waals surface area contributed by atoms with E-state index in [1.54, 1.807) is 13.8 Å². The van der Waals surface area contributed by atoms with Gasteiger partial charge in [-0.2, -0.15) is 0 Å². The molecule has 1 aliphatic heterocycles. The van der Waals surface area contributed by atoms with Crippen LogP contribution in [0.3, 0.4) is 0 Å². The third-order valence-electron chi connectivity index (χ3n) is 3.47. The zero-order chi connectivity index (χ0) is 13.1. The fraction of sp³-hybridized carbons (Fsp3) is 0.833. The Labute approximate surface area is 103 Å². The number of nitrogens with one attached hydrogen (secondary N) is 2. The van der Waals surface area contributed by atoms with Crippen molar-refractivity contribution in [1.29, 1.82) is 0 Å². The minimum absolute atomic E-state index is 0.00701. The van der Waals surface area contributed by atoms with Gasteiger partial charge >= 0.3 is 0 Å². The minimum atomic E-state index is -0.693. The van der Waals surface area contributed by atoms with E-state index in [0.717, 1.165) is 19.4 Å². The van der Waals surface area contributed by atoms with Gasteiger partial charge < -0.3 is 16.4 Å². The second kappa shape index (κ2) is 5.49. The fourth-order valence-corrected chi connectivity index (χ4v) is 1.93. The standard InChI is InChI=1S/C12H23N3O2/c1-8-9(5-4-6-14-8)10(16)15-7-12(2,3)11(13)17/h8-9,14H,4-7H2,1-3H3,(H2,13,17)(H,15,16). The molecule has 0 bridgehead atoms. The summed E-state index contributed by atoms with van der Waals surface area (Å²) in [6.07, 6.45) is 1.92. The number of carbonyl (C=O) groups excluding carboxylic acids is 2. The highest BCUT2D eigenvalue weighted by Crippen LogP contribution is 2.17. The third kappa shape index (κ3) is 3.70. The summed E-state index contributed by atoms with van der Waals surface area (Å²) < 4.78 is 0. The predicted octanol–water partition coefficient (Wildman–Crippen LogP) is 0.00220. The van der Waals surface area contributed by atoms with Crippen LogP contribution in [0.2, 0.25) is 0 Å². The Morgan fingerprint density at radius 1 is 1.47 bits per heavy atom. The lowest BCUT2D eigenvalue weighted by Gasteiger charge is -2.30. The van der Waals surface area contributed by atoms with E-state index in [9.17, 15) is 9.59 Å². The summed E-state index contributed by atoms with van der Waals surface area (Å²) in [4.78, 5) is 23.1. The summed E-state index contributed by atoms with van der Waals surface area (Å²) in [6.45, 7) is 6.75. The molecule has 4 N–H and O–H groups in total. The molecular formula is C12H23N3O2. The van der Waals surface area contributed by atoms with Gasteiger partial charge in [0.05, 0.1) is 11.3 Å². The highest BCUT2D eigenvalue weighted by atomic mass is 16.2. The van der Waals surface area contributed by atoms with Crippen LogP contribution in [0.4, 0.5) is 0 Å². The van der Waals surface area contributed by atoms with E-state index in [1.807, 2.05) is 6.92 Å². The Hall–Kier alpha value is -1.10. The first kappa shape index (κ1) is 14.0. The van der Waals surface area contributed by atoms with Crippen molar-refractivity contribution in [3.8, 4) is 0 Å². The van der Waals surface area contributed by atoms with Crippen LogP contribution >= 0.6 is 0 Å². The molecule has 0 aromatic carbocycles. The van der Waals surface area contributed by atoms with Crippen LogP contribution in [0.5, 0.6) is 0 Å². The summed E-state index contributed by atoms with van der Waals surface area (Å²) in [5.74, 6) is -0.390. The van der Waals surface area contributed by atoms with Crippen LogP contribution in [0.15, 0.2) is 0 Å². The first-order valence-electron chi connectivity index (χ1n) is 6.15. The zero-order valence-corrected chi connectivity index (χ0v) is 10.9. The molecule has 5 nitrogen and oxygen atoms in total. The molecule has 0 aliphatic carbocycles. The molecule has 2 unspecified atom stereocenters. The molecule has 0 aromatic rings. The Balaban J connectivity index is 2.46. The predicted molar refractivity (Wildman–Crippen MR) is 66.2 cm³/mol. The maximum Gasteiger partial charge on any atom is 0.224 e. The molecule has 1 heterocycles. The molecule has 98 valence electrons. The smallest absolute Gasteiger partial charge is 0.224 e. The largest absolute Gasteiger partial charge is 0.369 e. The van der Waals surface area contributed by atoms with Gasteiger partial charge in [-0.05, 0) is 40.2 Å². The monoisotopic (exact) mass is 241 g/mol. The average Bonchev–Trinajstić information content (AvgIpc) is 2.26. The molecule has 1 aliphatic rings. The first-order chi connectivity index (χ1) is 7.84. The second-order valence-corrected chi connectivity index (χ2v) is 5.46. The Bertz CT molecular complexity index is 302. The highest BCUT2D eigenvalue weighted by Gasteiger charge is 2.30. The van der Waals surface area contributed by atoms with Crippen molar-refractivity contribution >= 4 is 11.8 Å². The van der Waals surface area contributed by atoms with E-state index in [2.05, 4.69) is 10.6 Å². The van der Waals surface area contributed by atoms with E-state index in [4.69, 9.17) is 5.73 Å². The van der Waals surface area contributed by atoms with Crippen molar-refractivity contribution in [2.24, 2.45) is 17.1 Å². The molecule has 2 atom stereocenters. The second-order valence-electron chi connectivity index (χ2n) is 5.46. The normalized spacial score (nSPS) is 25.4. The van der Waals surface area contributed by atoms with Gasteiger partial charge in [0.2, 0.25) is 11.8 Å². The van der Waals surface area contributed by atoms with Gasteiger partial charge in [0.15, 0.2) is 0 Å². The van der Waals surface area contributed by atoms with E-state index in [-0.39, 0.29) is 17.9 Å². The van der Waals surface area contributed by atoms with Crippen LogP contribution in [0.1, 0.15) is 33.6 Å². The van der Waals surface area contributed by atoms with Crippen molar-refractivity contribution in [2.75, 3.05) is 13.1 Å². The van der Waals surface area contributed by atoms with Crippen LogP contribution in [-0.2, 0) is 9.59 Å². The van der Waals surface area contributed by atoms with E-state index in [1.165, 1.54) is 0 Å². The van der Waals surface area contributed by atoms with Crippen molar-refractivity contribution in [1.82, 2.24) is 10.6 Å². The number of amides is 2.